The highest BCUT2D eigenvalue weighted by atomic mass is 35.5. The zero-order valence-electron chi connectivity index (χ0n) is 21.6. The summed E-state index contributed by atoms with van der Waals surface area (Å²) in [5.41, 5.74) is 1.24. The molecule has 4 rings (SSSR count). The van der Waals surface area contributed by atoms with Crippen molar-refractivity contribution in [1.29, 1.82) is 0 Å². The second-order valence-corrected chi connectivity index (χ2v) is 11.0. The van der Waals surface area contributed by atoms with Gasteiger partial charge >= 0.3 is 5.97 Å². The molecule has 0 spiro atoms. The van der Waals surface area contributed by atoms with Gasteiger partial charge in [-0.05, 0) is 29.2 Å². The predicted octanol–water partition coefficient (Wildman–Crippen LogP) is 3.92. The number of carboxylic acids is 1. The van der Waals surface area contributed by atoms with Gasteiger partial charge in [0.05, 0.1) is 33.0 Å². The van der Waals surface area contributed by atoms with E-state index in [1.807, 2.05) is 57.2 Å². The third-order valence-corrected chi connectivity index (χ3v) is 7.41. The van der Waals surface area contributed by atoms with E-state index in [1.165, 1.54) is 4.90 Å². The molecule has 37 heavy (non-hydrogen) atoms. The lowest BCUT2D eigenvalue weighted by Crippen LogP contribution is -2.52. The van der Waals surface area contributed by atoms with Gasteiger partial charge in [0.15, 0.2) is 6.10 Å². The van der Waals surface area contributed by atoms with Crippen molar-refractivity contribution < 1.29 is 28.9 Å². The topological polar surface area (TPSA) is 97.3 Å². The van der Waals surface area contributed by atoms with Crippen LogP contribution < -0.4 is 10.1 Å². The summed E-state index contributed by atoms with van der Waals surface area (Å²) in [6, 6.07) is 13.0. The number of nitrogens with one attached hydrogen (secondary N) is 1. The molecule has 0 aliphatic carbocycles. The maximum absolute atomic E-state index is 13.9. The third-order valence-electron chi connectivity index (χ3n) is 7.18. The maximum atomic E-state index is 13.9. The van der Waals surface area contributed by atoms with Crippen LogP contribution in [0.3, 0.4) is 0 Å². The minimum atomic E-state index is -1.07. The second-order valence-electron chi connectivity index (χ2n) is 10.6. The Morgan fingerprint density at radius 3 is 2.49 bits per heavy atom. The number of carbonyl (C=O) groups is 2. The number of amides is 1. The van der Waals surface area contributed by atoms with Crippen LogP contribution in [-0.2, 0) is 25.6 Å². The summed E-state index contributed by atoms with van der Waals surface area (Å²) in [6.45, 7) is 7.21. The first-order chi connectivity index (χ1) is 17.6. The van der Waals surface area contributed by atoms with Crippen molar-refractivity contribution in [3.8, 4) is 5.75 Å². The van der Waals surface area contributed by atoms with Crippen LogP contribution in [-0.4, -0.2) is 67.0 Å². The highest BCUT2D eigenvalue weighted by Gasteiger charge is 2.58. The molecule has 0 bridgehead atoms. The van der Waals surface area contributed by atoms with E-state index in [1.54, 1.807) is 19.2 Å². The number of aliphatic carboxylic acids is 1. The van der Waals surface area contributed by atoms with Crippen LogP contribution >= 0.6 is 11.6 Å². The Morgan fingerprint density at radius 1 is 1.16 bits per heavy atom. The summed E-state index contributed by atoms with van der Waals surface area (Å²) in [6.07, 6.45) is -0.853. The first kappa shape index (κ1) is 27.4. The van der Waals surface area contributed by atoms with Gasteiger partial charge in [-0.25, -0.2) is 4.79 Å². The van der Waals surface area contributed by atoms with Crippen LogP contribution in [0.25, 0.3) is 0 Å². The van der Waals surface area contributed by atoms with Gasteiger partial charge in [0.25, 0.3) is 5.91 Å². The number of hydrogen-bond donors (Lipinski definition) is 2. The fraction of sp³-hybridized carbons (Fsp3) is 0.500. The van der Waals surface area contributed by atoms with E-state index in [0.717, 1.165) is 11.1 Å². The Bertz CT molecular complexity index is 1100. The Balaban J connectivity index is 1.80. The van der Waals surface area contributed by atoms with Gasteiger partial charge in [-0.15, -0.1) is 0 Å². The van der Waals surface area contributed by atoms with Crippen molar-refractivity contribution >= 4 is 23.5 Å². The molecule has 0 aromatic heterocycles. The summed E-state index contributed by atoms with van der Waals surface area (Å²) in [5.74, 6) is -1.17. The fourth-order valence-electron chi connectivity index (χ4n) is 5.64. The molecular weight excluding hydrogens is 496 g/mol. The summed E-state index contributed by atoms with van der Waals surface area (Å²) >= 11 is 6.27. The minimum absolute atomic E-state index is 0.0984. The number of carboxylic acid groups (broad SMARTS) is 1. The molecule has 2 aromatic carbocycles. The summed E-state index contributed by atoms with van der Waals surface area (Å²) in [7, 11) is 1.60. The van der Waals surface area contributed by atoms with Crippen molar-refractivity contribution in [2.75, 3.05) is 26.9 Å². The molecule has 2 aliphatic heterocycles. The average molecular weight is 531 g/mol. The number of carbonyl (C=O) groups excluding carboxylic acids is 1. The van der Waals surface area contributed by atoms with Gasteiger partial charge in [0.1, 0.15) is 11.8 Å². The van der Waals surface area contributed by atoms with Gasteiger partial charge in [-0.3, -0.25) is 4.79 Å². The Kier molecular flexibility index (Phi) is 8.43. The smallest absolute Gasteiger partial charge is 0.326 e. The average Bonchev–Trinajstić information content (AvgIpc) is 3.24. The molecule has 2 aromatic rings. The molecule has 5 atom stereocenters. The molecule has 200 valence electrons. The third kappa shape index (κ3) is 5.77. The number of nitrogens with zero attached hydrogens (tertiary/aromatic N) is 1. The maximum Gasteiger partial charge on any atom is 0.326 e. The Morgan fingerprint density at radius 2 is 1.89 bits per heavy atom. The van der Waals surface area contributed by atoms with E-state index in [4.69, 9.17) is 25.8 Å². The molecule has 0 saturated carbocycles. The van der Waals surface area contributed by atoms with Crippen LogP contribution in [0.1, 0.15) is 37.9 Å². The lowest BCUT2D eigenvalue weighted by molar-refractivity contribution is -0.167. The number of ether oxygens (including phenoxy) is 3. The number of rotatable bonds is 7. The molecule has 2 aliphatic rings. The zero-order chi connectivity index (χ0) is 26.7. The number of likely N-dealkylation sites (tertiary alicyclic amines) is 1. The van der Waals surface area contributed by atoms with Crippen molar-refractivity contribution in [2.24, 2.45) is 11.3 Å². The van der Waals surface area contributed by atoms with E-state index in [0.29, 0.717) is 23.9 Å². The largest absolute Gasteiger partial charge is 0.496 e. The summed E-state index contributed by atoms with van der Waals surface area (Å²) in [5, 5.41) is 14.7. The lowest BCUT2D eigenvalue weighted by atomic mass is 9.72. The van der Waals surface area contributed by atoms with Gasteiger partial charge in [0, 0.05) is 29.1 Å². The first-order valence-electron chi connectivity index (χ1n) is 12.5. The molecule has 0 radical (unpaired) electrons. The van der Waals surface area contributed by atoms with E-state index in [-0.39, 0.29) is 25.2 Å². The molecular formula is C28H35ClN2O6. The molecule has 1 amide bonds. The van der Waals surface area contributed by atoms with Gasteiger partial charge in [-0.2, -0.15) is 0 Å². The van der Waals surface area contributed by atoms with E-state index in [9.17, 15) is 14.7 Å². The Hall–Kier alpha value is -2.65. The highest BCUT2D eigenvalue weighted by molar-refractivity contribution is 6.30. The van der Waals surface area contributed by atoms with Crippen molar-refractivity contribution in [3.63, 3.8) is 0 Å². The fourth-order valence-corrected chi connectivity index (χ4v) is 5.83. The number of benzene rings is 2. The van der Waals surface area contributed by atoms with Crippen molar-refractivity contribution in [2.45, 2.75) is 51.5 Å². The second kappa shape index (κ2) is 11.4. The summed E-state index contributed by atoms with van der Waals surface area (Å²) in [4.78, 5) is 28.3. The number of hydrogen-bond acceptors (Lipinski definition) is 6. The molecule has 5 unspecified atom stereocenters. The molecule has 2 N–H and O–H groups in total. The van der Waals surface area contributed by atoms with Crippen LogP contribution in [0, 0.1) is 11.3 Å². The number of methoxy groups -OCH3 is 1. The van der Waals surface area contributed by atoms with Crippen LogP contribution in [0.2, 0.25) is 5.02 Å². The summed E-state index contributed by atoms with van der Waals surface area (Å²) < 4.78 is 16.8. The van der Waals surface area contributed by atoms with Crippen LogP contribution in [0.15, 0.2) is 48.5 Å². The minimum Gasteiger partial charge on any atom is -0.496 e. The van der Waals surface area contributed by atoms with E-state index < -0.39 is 35.5 Å². The highest BCUT2D eigenvalue weighted by Crippen LogP contribution is 2.48. The van der Waals surface area contributed by atoms with Gasteiger partial charge in [-0.1, -0.05) is 62.7 Å². The molecule has 2 fully saturated rings. The first-order valence-corrected chi connectivity index (χ1v) is 12.9. The van der Waals surface area contributed by atoms with Gasteiger partial charge in [0.2, 0.25) is 0 Å². The van der Waals surface area contributed by atoms with Crippen LogP contribution in [0.4, 0.5) is 0 Å². The molecule has 9 heteroatoms. The van der Waals surface area contributed by atoms with Gasteiger partial charge < -0.3 is 29.5 Å². The zero-order valence-corrected chi connectivity index (χ0v) is 22.4. The molecule has 2 heterocycles. The predicted molar refractivity (Wildman–Crippen MR) is 140 cm³/mol. The SMILES string of the molecule is COc1ccc(Cl)cc1CNC1C(c2ccccc2)N(C(=O)C2COCCO2)C(C(=O)O)C1C(C)(C)C. The van der Waals surface area contributed by atoms with Crippen molar-refractivity contribution in [1.82, 2.24) is 10.2 Å². The normalized spacial score (nSPS) is 26.2. The Labute approximate surface area is 222 Å². The molecule has 2 saturated heterocycles. The quantitative estimate of drug-likeness (QED) is 0.560. The monoisotopic (exact) mass is 530 g/mol. The standard InChI is InChI=1S/C28H35ClN2O6/c1-28(2,3)22-23(30-15-18-14-19(29)10-11-20(18)35-4)24(17-8-6-5-7-9-17)31(25(22)27(33)34)26(32)21-16-36-12-13-37-21/h5-11,14,21-25,30H,12-13,15-16H2,1-4H3,(H,33,34). The number of halogens is 1. The lowest BCUT2D eigenvalue weighted by Gasteiger charge is -2.36. The van der Waals surface area contributed by atoms with Crippen molar-refractivity contribution in [3.05, 3.63) is 64.7 Å². The molecule has 8 nitrogen and oxygen atoms in total. The van der Waals surface area contributed by atoms with E-state index in [2.05, 4.69) is 5.32 Å². The van der Waals surface area contributed by atoms with Crippen LogP contribution in [0.5, 0.6) is 5.75 Å². The van der Waals surface area contributed by atoms with E-state index >= 15 is 0 Å².